The highest BCUT2D eigenvalue weighted by molar-refractivity contribution is 6.06. The van der Waals surface area contributed by atoms with Crippen LogP contribution in [0.4, 0.5) is 5.69 Å². The highest BCUT2D eigenvalue weighted by Crippen LogP contribution is 2.44. The molecular formula is C30H25N5O4. The summed E-state index contributed by atoms with van der Waals surface area (Å²) in [5.41, 5.74) is 10.7. The zero-order valence-electron chi connectivity index (χ0n) is 21.6. The number of nitrogens with two attached hydrogens (primary N) is 1. The molecule has 3 heterocycles. The summed E-state index contributed by atoms with van der Waals surface area (Å²) in [5, 5.41) is 10.3. The van der Waals surface area contributed by atoms with Crippen LogP contribution in [0.1, 0.15) is 17.0 Å². The number of anilines is 1. The van der Waals surface area contributed by atoms with Crippen molar-refractivity contribution in [2.75, 3.05) is 19.1 Å². The van der Waals surface area contributed by atoms with E-state index in [4.69, 9.17) is 20.2 Å². The normalized spacial score (nSPS) is 15.3. The smallest absolute Gasteiger partial charge is 0.355 e. The number of pyridine rings is 1. The van der Waals surface area contributed by atoms with E-state index >= 15 is 0 Å². The number of esters is 2. The maximum atomic E-state index is 13.4. The molecule has 0 radical (unpaired) electrons. The first kappa shape index (κ1) is 25.3. The molecule has 2 N–H and O–H groups in total. The Balaban J connectivity index is 1.79. The van der Waals surface area contributed by atoms with Crippen LogP contribution in [-0.2, 0) is 19.1 Å². The molecule has 9 heteroatoms. The van der Waals surface area contributed by atoms with Crippen molar-refractivity contribution in [2.45, 2.75) is 12.8 Å². The van der Waals surface area contributed by atoms with Crippen molar-refractivity contribution in [3.8, 4) is 17.3 Å². The molecule has 194 valence electrons. The third kappa shape index (κ3) is 4.28. The number of allylic oxidation sites excluding steroid dienone is 1. The van der Waals surface area contributed by atoms with Crippen molar-refractivity contribution in [3.63, 3.8) is 0 Å². The van der Waals surface area contributed by atoms with Crippen LogP contribution in [0.3, 0.4) is 0 Å². The van der Waals surface area contributed by atoms with Crippen molar-refractivity contribution >= 4 is 23.3 Å². The van der Waals surface area contributed by atoms with Crippen LogP contribution in [0.2, 0.25) is 0 Å². The van der Waals surface area contributed by atoms with Crippen LogP contribution in [0.25, 0.3) is 16.9 Å². The number of hydrogen-bond donors (Lipinski definition) is 1. The van der Waals surface area contributed by atoms with Gasteiger partial charge in [-0.25, -0.2) is 14.6 Å². The molecule has 0 spiro atoms. The maximum Gasteiger partial charge on any atom is 0.355 e. The summed E-state index contributed by atoms with van der Waals surface area (Å²) in [6.07, 6.45) is 3.79. The molecular weight excluding hydrogens is 494 g/mol. The summed E-state index contributed by atoms with van der Waals surface area (Å²) < 4.78 is 12.2. The van der Waals surface area contributed by atoms with Crippen LogP contribution < -0.4 is 10.6 Å². The number of carbonyl (C=O) groups is 2. The minimum atomic E-state index is -0.934. The fourth-order valence-corrected chi connectivity index (χ4v) is 4.85. The number of rotatable bonds is 5. The molecule has 0 saturated heterocycles. The molecule has 0 saturated carbocycles. The summed E-state index contributed by atoms with van der Waals surface area (Å²) in [7, 11) is 2.44. The van der Waals surface area contributed by atoms with E-state index in [2.05, 4.69) is 6.07 Å². The SMILES string of the molecule is COC(=O)C1=C(C(=O)OC)N(c2cc(-c3cn4ccccc4n3)ccc2C)C(N)=C(C#N)C1c1ccccc1. The summed E-state index contributed by atoms with van der Waals surface area (Å²) in [4.78, 5) is 32.8. The number of nitrogens with zero attached hydrogens (tertiary/aromatic N) is 4. The standard InChI is InChI=1S/C30H25N5O4/c1-18-12-13-20(22-17-34-14-8-7-11-24(34)33-22)15-23(18)35-27(30(37)39-3)26(29(36)38-2)25(21(16-31)28(35)32)19-9-5-4-6-10-19/h4-15,17,25H,32H2,1-3H3. The average Bonchev–Trinajstić information content (AvgIpc) is 3.41. The van der Waals surface area contributed by atoms with E-state index < -0.39 is 17.9 Å². The van der Waals surface area contributed by atoms with Gasteiger partial charge in [-0.05, 0) is 36.2 Å². The number of carbonyl (C=O) groups excluding carboxylic acids is 2. The van der Waals surface area contributed by atoms with Crippen molar-refractivity contribution in [2.24, 2.45) is 5.73 Å². The van der Waals surface area contributed by atoms with E-state index in [-0.39, 0.29) is 22.7 Å². The summed E-state index contributed by atoms with van der Waals surface area (Å²) in [5.74, 6) is -2.50. The van der Waals surface area contributed by atoms with Crippen LogP contribution in [0, 0.1) is 18.3 Å². The average molecular weight is 520 g/mol. The largest absolute Gasteiger partial charge is 0.466 e. The van der Waals surface area contributed by atoms with Gasteiger partial charge in [0.25, 0.3) is 0 Å². The first-order valence-electron chi connectivity index (χ1n) is 12.1. The molecule has 1 unspecified atom stereocenters. The molecule has 2 aromatic heterocycles. The molecule has 9 nitrogen and oxygen atoms in total. The number of methoxy groups -OCH3 is 2. The summed E-state index contributed by atoms with van der Waals surface area (Å²) in [6.45, 7) is 1.85. The van der Waals surface area contributed by atoms with Crippen LogP contribution in [0.15, 0.2) is 102 Å². The first-order chi connectivity index (χ1) is 18.9. The third-order valence-electron chi connectivity index (χ3n) is 6.72. The zero-order chi connectivity index (χ0) is 27.7. The number of hydrogen-bond acceptors (Lipinski definition) is 8. The minimum absolute atomic E-state index is 0.00894. The summed E-state index contributed by atoms with van der Waals surface area (Å²) >= 11 is 0. The number of imidazole rings is 1. The van der Waals surface area contributed by atoms with Gasteiger partial charge in [0.15, 0.2) is 0 Å². The van der Waals surface area contributed by atoms with E-state index in [0.29, 0.717) is 16.9 Å². The lowest BCUT2D eigenvalue weighted by molar-refractivity contribution is -0.139. The van der Waals surface area contributed by atoms with Crippen LogP contribution >= 0.6 is 0 Å². The molecule has 0 aliphatic carbocycles. The number of benzene rings is 2. The second-order valence-corrected chi connectivity index (χ2v) is 8.93. The number of ether oxygens (including phenoxy) is 2. The number of aromatic nitrogens is 2. The Morgan fingerprint density at radius 2 is 1.72 bits per heavy atom. The molecule has 2 aromatic carbocycles. The lowest BCUT2D eigenvalue weighted by Crippen LogP contribution is -2.41. The predicted octanol–water partition coefficient (Wildman–Crippen LogP) is 4.21. The Bertz CT molecular complexity index is 1680. The van der Waals surface area contributed by atoms with Crippen molar-refractivity contribution in [1.82, 2.24) is 9.38 Å². The van der Waals surface area contributed by atoms with Gasteiger partial charge < -0.3 is 19.6 Å². The number of aryl methyl sites for hydroxylation is 1. The first-order valence-corrected chi connectivity index (χ1v) is 12.1. The molecule has 0 fully saturated rings. The Morgan fingerprint density at radius 1 is 1.00 bits per heavy atom. The van der Waals surface area contributed by atoms with E-state index in [0.717, 1.165) is 16.8 Å². The van der Waals surface area contributed by atoms with Crippen LogP contribution in [-0.4, -0.2) is 35.5 Å². The van der Waals surface area contributed by atoms with Gasteiger partial charge in [0.1, 0.15) is 17.2 Å². The lowest BCUT2D eigenvalue weighted by atomic mass is 9.80. The van der Waals surface area contributed by atoms with Gasteiger partial charge in [0, 0.05) is 18.0 Å². The Labute approximate surface area is 225 Å². The van der Waals surface area contributed by atoms with Crippen LogP contribution in [0.5, 0.6) is 0 Å². The molecule has 1 aliphatic heterocycles. The highest BCUT2D eigenvalue weighted by atomic mass is 16.5. The van der Waals surface area contributed by atoms with Gasteiger partial charge >= 0.3 is 11.9 Å². The second kappa shape index (κ2) is 10.2. The molecule has 39 heavy (non-hydrogen) atoms. The van der Waals surface area contributed by atoms with Gasteiger partial charge in [-0.3, -0.25) is 4.90 Å². The van der Waals surface area contributed by atoms with E-state index in [1.165, 1.54) is 19.1 Å². The minimum Gasteiger partial charge on any atom is -0.466 e. The van der Waals surface area contributed by atoms with Gasteiger partial charge in [-0.1, -0.05) is 48.5 Å². The Hall–Kier alpha value is -5.36. The quantitative estimate of drug-likeness (QED) is 0.389. The van der Waals surface area contributed by atoms with E-state index in [1.807, 2.05) is 66.2 Å². The lowest BCUT2D eigenvalue weighted by Gasteiger charge is -2.36. The van der Waals surface area contributed by atoms with Crippen molar-refractivity contribution in [1.29, 1.82) is 5.26 Å². The number of fused-ring (bicyclic) bond motifs is 1. The van der Waals surface area contributed by atoms with Gasteiger partial charge in [0.2, 0.25) is 0 Å². The third-order valence-corrected chi connectivity index (χ3v) is 6.72. The van der Waals surface area contributed by atoms with E-state index in [1.54, 1.807) is 24.3 Å². The molecule has 5 rings (SSSR count). The molecule has 0 amide bonds. The molecule has 1 aliphatic rings. The zero-order valence-corrected chi connectivity index (χ0v) is 21.6. The fourth-order valence-electron chi connectivity index (χ4n) is 4.85. The number of nitriles is 1. The molecule has 4 aromatic rings. The molecule has 0 bridgehead atoms. The Morgan fingerprint density at radius 3 is 2.38 bits per heavy atom. The topological polar surface area (TPSA) is 123 Å². The summed E-state index contributed by atoms with van der Waals surface area (Å²) in [6, 6.07) is 22.4. The van der Waals surface area contributed by atoms with Gasteiger partial charge in [0.05, 0.1) is 48.7 Å². The second-order valence-electron chi connectivity index (χ2n) is 8.93. The van der Waals surface area contributed by atoms with Crippen molar-refractivity contribution < 1.29 is 19.1 Å². The van der Waals surface area contributed by atoms with E-state index in [9.17, 15) is 14.9 Å². The fraction of sp³-hybridized carbons (Fsp3) is 0.133. The van der Waals surface area contributed by atoms with Gasteiger partial charge in [-0.15, -0.1) is 0 Å². The Kier molecular flexibility index (Phi) is 6.61. The maximum absolute atomic E-state index is 13.4. The highest BCUT2D eigenvalue weighted by Gasteiger charge is 2.43. The van der Waals surface area contributed by atoms with Crippen molar-refractivity contribution in [3.05, 3.63) is 113 Å². The molecule has 1 atom stereocenters. The van der Waals surface area contributed by atoms with Gasteiger partial charge in [-0.2, -0.15) is 5.26 Å². The monoisotopic (exact) mass is 519 g/mol. The predicted molar refractivity (Wildman–Crippen MR) is 145 cm³/mol.